The number of rotatable bonds is 3. The van der Waals surface area contributed by atoms with E-state index < -0.39 is 18.0 Å². The Kier molecular flexibility index (Phi) is 7.11. The molecule has 31 heavy (non-hydrogen) atoms. The fourth-order valence-corrected chi connectivity index (χ4v) is 4.08. The monoisotopic (exact) mass is 462 g/mol. The number of halogens is 4. The summed E-state index contributed by atoms with van der Waals surface area (Å²) in [5.74, 6) is -3.22. The fraction of sp³-hybridized carbons (Fsp3) is 0.421. The van der Waals surface area contributed by atoms with Crippen molar-refractivity contribution >= 4 is 23.2 Å². The molecule has 1 saturated heterocycles. The highest BCUT2D eigenvalue weighted by atomic mass is 32.1. The van der Waals surface area contributed by atoms with Crippen LogP contribution >= 0.6 is 11.3 Å². The van der Waals surface area contributed by atoms with Gasteiger partial charge in [-0.1, -0.05) is 0 Å². The van der Waals surface area contributed by atoms with Crippen LogP contribution in [0.1, 0.15) is 23.2 Å². The minimum absolute atomic E-state index is 0.00645. The second-order valence-electron chi connectivity index (χ2n) is 6.74. The molecule has 1 aliphatic carbocycles. The molecule has 3 atom stereocenters. The number of aliphatic carboxylic acids is 1. The predicted molar refractivity (Wildman–Crippen MR) is 100 cm³/mol. The molecule has 0 radical (unpaired) electrons. The smallest absolute Gasteiger partial charge is 0.475 e. The highest BCUT2D eigenvalue weighted by Gasteiger charge is 2.46. The number of carbonyl (C=O) groups is 2. The molecule has 168 valence electrons. The number of carboxylic acid groups (broad SMARTS) is 1. The van der Waals surface area contributed by atoms with E-state index in [4.69, 9.17) is 19.4 Å². The van der Waals surface area contributed by atoms with Crippen LogP contribution in [0, 0.1) is 5.82 Å². The van der Waals surface area contributed by atoms with Gasteiger partial charge in [0.05, 0.1) is 18.2 Å². The standard InChI is InChI=1S/C17H17FN2O3S.C2HF3O2/c18-12-2-1-6-19-16(12)23-14-4-3-13-15(14)22-8-7-20(13)17(21)11-5-9-24-10-11;3-2(4,5)1(6)7/h1-2,5-6,9-10,13-15H,3-4,7-8H2;(H,6,7)/t13-,14-,15+;/m0./s1. The number of aromatic nitrogens is 1. The number of ether oxygens (including phenoxy) is 2. The molecular formula is C19H18F4N2O5S. The largest absolute Gasteiger partial charge is 0.490 e. The van der Waals surface area contributed by atoms with E-state index in [9.17, 15) is 22.4 Å². The number of hydrogen-bond donors (Lipinski definition) is 1. The number of fused-ring (bicyclic) bond motifs is 1. The van der Waals surface area contributed by atoms with Crippen LogP contribution < -0.4 is 4.74 Å². The van der Waals surface area contributed by atoms with Gasteiger partial charge in [0.2, 0.25) is 0 Å². The van der Waals surface area contributed by atoms with Crippen molar-refractivity contribution in [3.63, 3.8) is 0 Å². The van der Waals surface area contributed by atoms with Crippen LogP contribution in [0.15, 0.2) is 35.2 Å². The van der Waals surface area contributed by atoms with E-state index in [-0.39, 0.29) is 30.0 Å². The number of carbonyl (C=O) groups excluding carboxylic acids is 1. The van der Waals surface area contributed by atoms with Gasteiger partial charge in [-0.2, -0.15) is 24.5 Å². The molecular weight excluding hydrogens is 444 g/mol. The highest BCUT2D eigenvalue weighted by Crippen LogP contribution is 2.34. The summed E-state index contributed by atoms with van der Waals surface area (Å²) < 4.78 is 57.1. The molecule has 1 aliphatic heterocycles. The third-order valence-electron chi connectivity index (χ3n) is 4.79. The predicted octanol–water partition coefficient (Wildman–Crippen LogP) is 3.37. The zero-order valence-electron chi connectivity index (χ0n) is 15.9. The Morgan fingerprint density at radius 2 is 2.03 bits per heavy atom. The van der Waals surface area contributed by atoms with E-state index in [1.54, 1.807) is 0 Å². The Balaban J connectivity index is 0.000000339. The number of hydrogen-bond acceptors (Lipinski definition) is 6. The number of pyridine rings is 1. The van der Waals surface area contributed by atoms with Gasteiger partial charge in [-0.3, -0.25) is 4.79 Å². The molecule has 1 N–H and O–H groups in total. The molecule has 0 bridgehead atoms. The Labute approximate surface area is 178 Å². The molecule has 4 rings (SSSR count). The number of morpholine rings is 1. The van der Waals surface area contributed by atoms with Gasteiger partial charge < -0.3 is 19.5 Å². The summed E-state index contributed by atoms with van der Waals surface area (Å²) in [6, 6.07) is 4.65. The van der Waals surface area contributed by atoms with Gasteiger partial charge in [-0.05, 0) is 36.4 Å². The van der Waals surface area contributed by atoms with Crippen LogP contribution in [0.5, 0.6) is 5.88 Å². The minimum atomic E-state index is -5.08. The van der Waals surface area contributed by atoms with E-state index in [0.29, 0.717) is 25.1 Å². The second-order valence-corrected chi connectivity index (χ2v) is 7.52. The van der Waals surface area contributed by atoms with E-state index in [0.717, 1.165) is 6.42 Å². The summed E-state index contributed by atoms with van der Waals surface area (Å²) >= 11 is 1.51. The van der Waals surface area contributed by atoms with Crippen LogP contribution in [-0.2, 0) is 9.53 Å². The lowest BCUT2D eigenvalue weighted by molar-refractivity contribution is -0.192. The maximum Gasteiger partial charge on any atom is 0.490 e. The SMILES string of the molecule is O=C(O)C(F)(F)F.O=C(c1ccsc1)N1CCO[C@H]2[C@@H](Oc3ncccc3F)CC[C@@H]21. The minimum Gasteiger partial charge on any atom is -0.475 e. The van der Waals surface area contributed by atoms with Crippen LogP contribution in [0.4, 0.5) is 17.6 Å². The van der Waals surface area contributed by atoms with Gasteiger partial charge in [0.1, 0.15) is 12.2 Å². The van der Waals surface area contributed by atoms with Gasteiger partial charge >= 0.3 is 12.1 Å². The van der Waals surface area contributed by atoms with Gasteiger partial charge in [-0.15, -0.1) is 0 Å². The Morgan fingerprint density at radius 3 is 2.65 bits per heavy atom. The fourth-order valence-electron chi connectivity index (χ4n) is 3.45. The summed E-state index contributed by atoms with van der Waals surface area (Å²) in [5.41, 5.74) is 0.709. The summed E-state index contributed by atoms with van der Waals surface area (Å²) in [6.07, 6.45) is -2.64. The van der Waals surface area contributed by atoms with E-state index in [1.165, 1.54) is 29.7 Å². The maximum absolute atomic E-state index is 13.8. The molecule has 0 unspecified atom stereocenters. The van der Waals surface area contributed by atoms with Crippen LogP contribution in [0.25, 0.3) is 0 Å². The quantitative estimate of drug-likeness (QED) is 0.704. The molecule has 2 aliphatic rings. The highest BCUT2D eigenvalue weighted by molar-refractivity contribution is 7.08. The Bertz CT molecular complexity index is 909. The zero-order chi connectivity index (χ0) is 22.6. The first-order valence-electron chi connectivity index (χ1n) is 9.20. The van der Waals surface area contributed by atoms with Crippen molar-refractivity contribution in [2.24, 2.45) is 0 Å². The van der Waals surface area contributed by atoms with Crippen molar-refractivity contribution in [2.75, 3.05) is 13.2 Å². The van der Waals surface area contributed by atoms with E-state index in [2.05, 4.69) is 4.98 Å². The average molecular weight is 462 g/mol. The van der Waals surface area contributed by atoms with Gasteiger partial charge in [0.25, 0.3) is 11.8 Å². The van der Waals surface area contributed by atoms with Gasteiger partial charge in [-0.25, -0.2) is 14.2 Å². The third kappa shape index (κ3) is 5.50. The second kappa shape index (κ2) is 9.60. The molecule has 1 saturated carbocycles. The van der Waals surface area contributed by atoms with Crippen LogP contribution in [-0.4, -0.2) is 64.4 Å². The number of carboxylic acids is 1. The molecule has 3 heterocycles. The number of alkyl halides is 3. The van der Waals surface area contributed by atoms with Crippen LogP contribution in [0.3, 0.4) is 0 Å². The summed E-state index contributed by atoms with van der Waals surface area (Å²) in [7, 11) is 0. The molecule has 2 fully saturated rings. The molecule has 2 aromatic rings. The number of nitrogens with zero attached hydrogens (tertiary/aromatic N) is 2. The Morgan fingerprint density at radius 1 is 1.29 bits per heavy atom. The first kappa shape index (κ1) is 22.9. The van der Waals surface area contributed by atoms with Crippen molar-refractivity contribution in [3.8, 4) is 5.88 Å². The first-order chi connectivity index (χ1) is 14.7. The van der Waals surface area contributed by atoms with E-state index in [1.807, 2.05) is 21.7 Å². The number of thiophene rings is 1. The average Bonchev–Trinajstić information content (AvgIpc) is 3.39. The van der Waals surface area contributed by atoms with Gasteiger partial charge in [0, 0.05) is 18.1 Å². The third-order valence-corrected chi connectivity index (χ3v) is 5.48. The summed E-state index contributed by atoms with van der Waals surface area (Å²) in [4.78, 5) is 27.4. The first-order valence-corrected chi connectivity index (χ1v) is 10.1. The topological polar surface area (TPSA) is 89.0 Å². The summed E-state index contributed by atoms with van der Waals surface area (Å²) in [5, 5.41) is 10.9. The van der Waals surface area contributed by atoms with Crippen molar-refractivity contribution in [3.05, 3.63) is 46.5 Å². The molecule has 0 aromatic carbocycles. The van der Waals surface area contributed by atoms with Gasteiger partial charge in [0.15, 0.2) is 5.82 Å². The van der Waals surface area contributed by atoms with Crippen molar-refractivity contribution in [1.29, 1.82) is 0 Å². The molecule has 12 heteroatoms. The van der Waals surface area contributed by atoms with Crippen molar-refractivity contribution in [2.45, 2.75) is 37.3 Å². The van der Waals surface area contributed by atoms with E-state index >= 15 is 0 Å². The molecule has 1 amide bonds. The lowest BCUT2D eigenvalue weighted by atomic mass is 10.1. The normalized spacial score (nSPS) is 22.8. The maximum atomic E-state index is 13.8. The lowest BCUT2D eigenvalue weighted by Gasteiger charge is -2.38. The van der Waals surface area contributed by atoms with Crippen LogP contribution in [0.2, 0.25) is 0 Å². The zero-order valence-corrected chi connectivity index (χ0v) is 16.7. The lowest BCUT2D eigenvalue weighted by Crippen LogP contribution is -2.54. The molecule has 7 nitrogen and oxygen atoms in total. The van der Waals surface area contributed by atoms with Crippen molar-refractivity contribution < 1.29 is 41.7 Å². The molecule has 2 aromatic heterocycles. The number of amides is 1. The summed E-state index contributed by atoms with van der Waals surface area (Å²) in [6.45, 7) is 1.03. The van der Waals surface area contributed by atoms with Crippen molar-refractivity contribution in [1.82, 2.24) is 9.88 Å². The Hall–Kier alpha value is -2.73. The molecule has 0 spiro atoms.